The van der Waals surface area contributed by atoms with Gasteiger partial charge in [-0.1, -0.05) is 53.9 Å². The summed E-state index contributed by atoms with van der Waals surface area (Å²) < 4.78 is 4.61. The minimum atomic E-state index is -0.427. The Bertz CT molecular complexity index is 1500. The number of aryl methyl sites for hydroxylation is 2. The molecule has 1 atom stereocenters. The molecule has 0 spiro atoms. The van der Waals surface area contributed by atoms with Gasteiger partial charge in [-0.05, 0) is 42.7 Å². The molecule has 0 saturated carbocycles. The average molecular weight is 484 g/mol. The summed E-state index contributed by atoms with van der Waals surface area (Å²) in [6, 6.07) is 13.3. The van der Waals surface area contributed by atoms with E-state index in [0.717, 1.165) is 17.8 Å². The number of aromatic nitrogens is 4. The maximum atomic E-state index is 13.6. The third kappa shape index (κ3) is 3.65. The molecule has 0 N–H and O–H groups in total. The smallest absolute Gasteiger partial charge is 0.312 e. The van der Waals surface area contributed by atoms with Crippen molar-refractivity contribution in [1.82, 2.24) is 18.7 Å². The Balaban J connectivity index is 1.70. The molecule has 1 aliphatic heterocycles. The van der Waals surface area contributed by atoms with E-state index in [0.29, 0.717) is 33.7 Å². The van der Waals surface area contributed by atoms with E-state index in [1.807, 2.05) is 11.5 Å². The first-order valence-corrected chi connectivity index (χ1v) is 11.5. The van der Waals surface area contributed by atoms with Crippen LogP contribution in [-0.4, -0.2) is 25.2 Å². The zero-order valence-electron chi connectivity index (χ0n) is 18.5. The minimum Gasteiger partial charge on any atom is -0.312 e. The van der Waals surface area contributed by atoms with Gasteiger partial charge in [0, 0.05) is 25.8 Å². The Hall–Kier alpha value is -3.03. The molecule has 33 heavy (non-hydrogen) atoms. The van der Waals surface area contributed by atoms with Crippen molar-refractivity contribution in [3.8, 4) is 0 Å². The van der Waals surface area contributed by atoms with Crippen LogP contribution >= 0.6 is 23.2 Å². The van der Waals surface area contributed by atoms with Crippen LogP contribution in [0.15, 0.2) is 52.1 Å². The van der Waals surface area contributed by atoms with Gasteiger partial charge >= 0.3 is 5.69 Å². The molecule has 0 amide bonds. The van der Waals surface area contributed by atoms with Crippen molar-refractivity contribution in [3.63, 3.8) is 0 Å². The predicted octanol–water partition coefficient (Wildman–Crippen LogP) is 4.35. The SMILES string of the molecule is Cc1ccc(N2C[C@H](C)Cn3c2nc2c3c(=O)n(Cc3ccc(Cl)c(Cl)c3)c(=O)n2C)cc1. The Morgan fingerprint density at radius 2 is 1.76 bits per heavy atom. The van der Waals surface area contributed by atoms with Gasteiger partial charge < -0.3 is 9.47 Å². The Morgan fingerprint density at radius 3 is 2.45 bits per heavy atom. The van der Waals surface area contributed by atoms with Crippen LogP contribution in [0, 0.1) is 12.8 Å². The van der Waals surface area contributed by atoms with Crippen molar-refractivity contribution < 1.29 is 0 Å². The number of hydrogen-bond donors (Lipinski definition) is 0. The molecule has 1 aliphatic rings. The normalized spacial score (nSPS) is 15.8. The molecule has 0 bridgehead atoms. The van der Waals surface area contributed by atoms with Gasteiger partial charge in [0.2, 0.25) is 5.95 Å². The molecular weight excluding hydrogens is 461 g/mol. The summed E-state index contributed by atoms with van der Waals surface area (Å²) in [6.45, 7) is 5.71. The summed E-state index contributed by atoms with van der Waals surface area (Å²) in [6.07, 6.45) is 0. The van der Waals surface area contributed by atoms with Gasteiger partial charge in [-0.3, -0.25) is 13.9 Å². The highest BCUT2D eigenvalue weighted by Gasteiger charge is 2.29. The van der Waals surface area contributed by atoms with Gasteiger partial charge in [0.25, 0.3) is 5.56 Å². The summed E-state index contributed by atoms with van der Waals surface area (Å²) in [4.78, 5) is 33.6. The van der Waals surface area contributed by atoms with Gasteiger partial charge in [0.1, 0.15) is 0 Å². The van der Waals surface area contributed by atoms with E-state index in [2.05, 4.69) is 36.1 Å². The largest absolute Gasteiger partial charge is 0.332 e. The molecule has 2 aromatic heterocycles. The third-order valence-electron chi connectivity index (χ3n) is 6.11. The van der Waals surface area contributed by atoms with Crippen molar-refractivity contribution in [3.05, 3.63) is 84.5 Å². The molecular formula is C24H23Cl2N5O2. The number of halogens is 2. The fraction of sp³-hybridized carbons (Fsp3) is 0.292. The van der Waals surface area contributed by atoms with Gasteiger partial charge in [-0.15, -0.1) is 0 Å². The van der Waals surface area contributed by atoms with Crippen LogP contribution < -0.4 is 16.1 Å². The highest BCUT2D eigenvalue weighted by atomic mass is 35.5. The zero-order valence-corrected chi connectivity index (χ0v) is 20.1. The molecule has 9 heteroatoms. The Kier molecular flexibility index (Phi) is 5.34. The van der Waals surface area contributed by atoms with Crippen molar-refractivity contribution in [2.75, 3.05) is 11.4 Å². The van der Waals surface area contributed by atoms with Crippen molar-refractivity contribution in [2.45, 2.75) is 26.9 Å². The number of nitrogens with zero attached hydrogens (tertiary/aromatic N) is 5. The van der Waals surface area contributed by atoms with Gasteiger partial charge in [-0.2, -0.15) is 4.98 Å². The highest BCUT2D eigenvalue weighted by Crippen LogP contribution is 2.33. The van der Waals surface area contributed by atoms with Crippen molar-refractivity contribution in [1.29, 1.82) is 0 Å². The summed E-state index contributed by atoms with van der Waals surface area (Å²) >= 11 is 12.2. The molecule has 7 nitrogen and oxygen atoms in total. The molecule has 4 aromatic rings. The number of fused-ring (bicyclic) bond motifs is 3. The van der Waals surface area contributed by atoms with Crippen LogP contribution in [-0.2, 0) is 20.1 Å². The van der Waals surface area contributed by atoms with Crippen molar-refractivity contribution >= 4 is 46.0 Å². The quantitative estimate of drug-likeness (QED) is 0.434. The molecule has 2 aromatic carbocycles. The first-order chi connectivity index (χ1) is 15.7. The van der Waals surface area contributed by atoms with E-state index in [1.165, 1.54) is 14.7 Å². The summed E-state index contributed by atoms with van der Waals surface area (Å²) in [7, 11) is 1.65. The monoisotopic (exact) mass is 483 g/mol. The summed E-state index contributed by atoms with van der Waals surface area (Å²) in [5.74, 6) is 0.961. The van der Waals surface area contributed by atoms with E-state index in [9.17, 15) is 9.59 Å². The summed E-state index contributed by atoms with van der Waals surface area (Å²) in [5.41, 5.74) is 2.91. The van der Waals surface area contributed by atoms with Gasteiger partial charge in [0.15, 0.2) is 11.2 Å². The topological polar surface area (TPSA) is 65.1 Å². The molecule has 0 fully saturated rings. The maximum Gasteiger partial charge on any atom is 0.332 e. The van der Waals surface area contributed by atoms with Crippen LogP contribution in [0.3, 0.4) is 0 Å². The highest BCUT2D eigenvalue weighted by molar-refractivity contribution is 6.42. The lowest BCUT2D eigenvalue weighted by Gasteiger charge is -2.33. The van der Waals surface area contributed by atoms with Gasteiger partial charge in [-0.25, -0.2) is 4.79 Å². The second kappa shape index (κ2) is 8.08. The van der Waals surface area contributed by atoms with E-state index < -0.39 is 5.69 Å². The Labute approximate surface area is 200 Å². The van der Waals surface area contributed by atoms with Crippen LogP contribution in [0.2, 0.25) is 10.0 Å². The lowest BCUT2D eigenvalue weighted by atomic mass is 10.1. The first kappa shape index (κ1) is 21.8. The third-order valence-corrected chi connectivity index (χ3v) is 6.85. The second-order valence-corrected chi connectivity index (χ2v) is 9.54. The molecule has 3 heterocycles. The maximum absolute atomic E-state index is 13.6. The molecule has 0 saturated heterocycles. The molecule has 0 unspecified atom stereocenters. The average Bonchev–Trinajstić information content (AvgIpc) is 3.17. The molecule has 0 radical (unpaired) electrons. The number of rotatable bonds is 3. The fourth-order valence-corrected chi connectivity index (χ4v) is 4.73. The van der Waals surface area contributed by atoms with Gasteiger partial charge in [0.05, 0.1) is 16.6 Å². The molecule has 0 aliphatic carbocycles. The predicted molar refractivity (Wildman–Crippen MR) is 132 cm³/mol. The second-order valence-electron chi connectivity index (χ2n) is 8.73. The first-order valence-electron chi connectivity index (χ1n) is 10.7. The fourth-order valence-electron chi connectivity index (χ4n) is 4.41. The van der Waals surface area contributed by atoms with E-state index in [1.54, 1.807) is 25.2 Å². The van der Waals surface area contributed by atoms with E-state index in [4.69, 9.17) is 28.2 Å². The van der Waals surface area contributed by atoms with Crippen LogP contribution in [0.25, 0.3) is 11.2 Å². The van der Waals surface area contributed by atoms with Crippen LogP contribution in [0.5, 0.6) is 0 Å². The summed E-state index contributed by atoms with van der Waals surface area (Å²) in [5, 5.41) is 0.801. The lowest BCUT2D eigenvalue weighted by Crippen LogP contribution is -2.40. The zero-order chi connectivity index (χ0) is 23.4. The standard InChI is InChI=1S/C24H23Cl2N5O2/c1-14-4-7-17(8-5-14)29-11-15(2)12-30-20-21(27-23(29)30)28(3)24(33)31(22(20)32)13-16-6-9-18(25)19(26)10-16/h4-10,15H,11-13H2,1-3H3/t15-/m0/s1. The number of benzene rings is 2. The van der Waals surface area contributed by atoms with E-state index in [-0.39, 0.29) is 18.0 Å². The number of hydrogen-bond acceptors (Lipinski definition) is 4. The number of imidazole rings is 1. The van der Waals surface area contributed by atoms with Crippen molar-refractivity contribution in [2.24, 2.45) is 13.0 Å². The molecule has 170 valence electrons. The molecule has 5 rings (SSSR count). The van der Waals surface area contributed by atoms with Crippen LogP contribution in [0.4, 0.5) is 11.6 Å². The van der Waals surface area contributed by atoms with Crippen LogP contribution in [0.1, 0.15) is 18.1 Å². The minimum absolute atomic E-state index is 0.0933. The van der Waals surface area contributed by atoms with E-state index >= 15 is 0 Å². The Morgan fingerprint density at radius 1 is 1.03 bits per heavy atom. The lowest BCUT2D eigenvalue weighted by molar-refractivity contribution is 0.458. The number of anilines is 2.